The van der Waals surface area contributed by atoms with Crippen molar-refractivity contribution in [1.82, 2.24) is 4.98 Å². The number of nitrogens with zero attached hydrogens (tertiary/aromatic N) is 1. The topological polar surface area (TPSA) is 63.2 Å². The Morgan fingerprint density at radius 3 is 2.42 bits per heavy atom. The number of methoxy groups -OCH3 is 1. The highest BCUT2D eigenvalue weighted by Gasteiger charge is 2.10. The molecule has 0 spiro atoms. The number of halogens is 2. The first-order valence-electron chi connectivity index (χ1n) is 7.69. The molecule has 0 bridgehead atoms. The lowest BCUT2D eigenvalue weighted by atomic mass is 10.2. The van der Waals surface area contributed by atoms with Gasteiger partial charge in [0.05, 0.1) is 34.7 Å². The van der Waals surface area contributed by atoms with Crippen molar-refractivity contribution in [3.8, 4) is 5.75 Å². The molecule has 0 aliphatic heterocycles. The molecule has 5 nitrogen and oxygen atoms in total. The Hall–Kier alpha value is -2.76. The van der Waals surface area contributed by atoms with Gasteiger partial charge in [-0.2, -0.15) is 0 Å². The summed E-state index contributed by atoms with van der Waals surface area (Å²) in [6, 6.07) is 15.8. The molecule has 7 heteroatoms. The van der Waals surface area contributed by atoms with Crippen molar-refractivity contribution >= 4 is 46.2 Å². The number of ether oxygens (including phenoxy) is 1. The normalized spacial score (nSPS) is 10.3. The molecule has 0 saturated carbocycles. The average Bonchev–Trinajstić information content (AvgIpc) is 2.64. The van der Waals surface area contributed by atoms with E-state index in [2.05, 4.69) is 15.6 Å². The number of carbonyl (C=O) groups excluding carboxylic acids is 1. The molecule has 132 valence electrons. The van der Waals surface area contributed by atoms with E-state index in [1.165, 1.54) is 0 Å². The quantitative estimate of drug-likeness (QED) is 0.615. The van der Waals surface area contributed by atoms with Crippen LogP contribution in [0.5, 0.6) is 5.75 Å². The minimum atomic E-state index is -0.336. The minimum absolute atomic E-state index is 0.281. The van der Waals surface area contributed by atoms with E-state index in [-0.39, 0.29) is 11.6 Å². The van der Waals surface area contributed by atoms with Gasteiger partial charge < -0.3 is 15.4 Å². The zero-order valence-corrected chi connectivity index (χ0v) is 15.3. The van der Waals surface area contributed by atoms with Crippen LogP contribution in [-0.2, 0) is 0 Å². The number of carbonyl (C=O) groups is 1. The molecule has 3 rings (SSSR count). The van der Waals surface area contributed by atoms with Gasteiger partial charge in [0.25, 0.3) is 5.91 Å². The van der Waals surface area contributed by atoms with Gasteiger partial charge in [0, 0.05) is 5.69 Å². The molecule has 0 saturated heterocycles. The van der Waals surface area contributed by atoms with E-state index in [9.17, 15) is 4.79 Å². The van der Waals surface area contributed by atoms with Crippen LogP contribution in [0.4, 0.5) is 17.1 Å². The number of para-hydroxylation sites is 1. The van der Waals surface area contributed by atoms with Crippen LogP contribution >= 0.6 is 23.2 Å². The molecule has 0 aliphatic carbocycles. The van der Waals surface area contributed by atoms with Crippen LogP contribution in [0.1, 0.15) is 10.5 Å². The van der Waals surface area contributed by atoms with Crippen LogP contribution < -0.4 is 15.4 Å². The molecule has 2 N–H and O–H groups in total. The van der Waals surface area contributed by atoms with Crippen LogP contribution in [0.2, 0.25) is 10.0 Å². The molecular weight excluding hydrogens is 373 g/mol. The fourth-order valence-corrected chi connectivity index (χ4v) is 2.70. The first-order chi connectivity index (χ1) is 12.6. The third kappa shape index (κ3) is 4.25. The van der Waals surface area contributed by atoms with Crippen molar-refractivity contribution in [2.24, 2.45) is 0 Å². The highest BCUT2D eigenvalue weighted by molar-refractivity contribution is 6.34. The van der Waals surface area contributed by atoms with Gasteiger partial charge in [0.1, 0.15) is 11.4 Å². The van der Waals surface area contributed by atoms with Crippen molar-refractivity contribution in [2.75, 3.05) is 17.7 Å². The summed E-state index contributed by atoms with van der Waals surface area (Å²) in [5, 5.41) is 6.87. The number of hydrogen-bond donors (Lipinski definition) is 2. The fourth-order valence-electron chi connectivity index (χ4n) is 2.26. The second-order valence-corrected chi connectivity index (χ2v) is 6.15. The van der Waals surface area contributed by atoms with E-state index in [0.29, 0.717) is 21.5 Å². The Kier molecular flexibility index (Phi) is 5.61. The summed E-state index contributed by atoms with van der Waals surface area (Å²) in [5.74, 6) is 0.263. The van der Waals surface area contributed by atoms with Crippen molar-refractivity contribution in [2.45, 2.75) is 0 Å². The third-order valence-corrected chi connectivity index (χ3v) is 4.18. The van der Waals surface area contributed by atoms with Gasteiger partial charge in [-0.1, -0.05) is 35.3 Å². The molecule has 1 heterocycles. The lowest BCUT2D eigenvalue weighted by Crippen LogP contribution is -2.13. The predicted molar refractivity (Wildman–Crippen MR) is 105 cm³/mol. The summed E-state index contributed by atoms with van der Waals surface area (Å²) in [7, 11) is 1.56. The van der Waals surface area contributed by atoms with E-state index in [0.717, 1.165) is 11.4 Å². The Balaban J connectivity index is 1.69. The third-order valence-electron chi connectivity index (χ3n) is 3.56. The van der Waals surface area contributed by atoms with Gasteiger partial charge in [0.15, 0.2) is 0 Å². The second kappa shape index (κ2) is 8.08. The number of rotatable bonds is 5. The van der Waals surface area contributed by atoms with Gasteiger partial charge in [-0.05, 0) is 42.5 Å². The fraction of sp³-hybridized carbons (Fsp3) is 0.0526. The first-order valence-corrected chi connectivity index (χ1v) is 8.45. The maximum Gasteiger partial charge on any atom is 0.274 e. The number of pyridine rings is 1. The van der Waals surface area contributed by atoms with Gasteiger partial charge in [-0.25, -0.2) is 4.98 Å². The molecule has 0 aliphatic rings. The number of hydrogen-bond acceptors (Lipinski definition) is 4. The maximum atomic E-state index is 12.3. The smallest absolute Gasteiger partial charge is 0.274 e. The van der Waals surface area contributed by atoms with Crippen LogP contribution in [-0.4, -0.2) is 18.0 Å². The highest BCUT2D eigenvalue weighted by atomic mass is 35.5. The van der Waals surface area contributed by atoms with Gasteiger partial charge >= 0.3 is 0 Å². The van der Waals surface area contributed by atoms with Gasteiger partial charge in [0.2, 0.25) is 0 Å². The first kappa shape index (κ1) is 18.0. The van der Waals surface area contributed by atoms with Crippen molar-refractivity contribution in [1.29, 1.82) is 0 Å². The molecule has 26 heavy (non-hydrogen) atoms. The Morgan fingerprint density at radius 2 is 1.77 bits per heavy atom. The summed E-state index contributed by atoms with van der Waals surface area (Å²) in [6.45, 7) is 0. The lowest BCUT2D eigenvalue weighted by Gasteiger charge is -2.10. The van der Waals surface area contributed by atoms with Gasteiger partial charge in [-0.3, -0.25) is 4.79 Å². The van der Waals surface area contributed by atoms with E-state index < -0.39 is 0 Å². The van der Waals surface area contributed by atoms with Crippen molar-refractivity contribution < 1.29 is 9.53 Å². The van der Waals surface area contributed by atoms with Gasteiger partial charge in [-0.15, -0.1) is 0 Å². The van der Waals surface area contributed by atoms with E-state index in [1.807, 2.05) is 6.07 Å². The predicted octanol–water partition coefficient (Wildman–Crippen LogP) is 5.39. The van der Waals surface area contributed by atoms with Crippen molar-refractivity contribution in [3.05, 3.63) is 76.5 Å². The zero-order chi connectivity index (χ0) is 18.5. The Bertz CT molecular complexity index is 930. The Labute approximate surface area is 160 Å². The molecular formula is C19H15Cl2N3O2. The van der Waals surface area contributed by atoms with E-state index in [4.69, 9.17) is 27.9 Å². The molecule has 0 radical (unpaired) electrons. The molecule has 1 amide bonds. The number of anilines is 3. The molecule has 1 aromatic heterocycles. The summed E-state index contributed by atoms with van der Waals surface area (Å²) in [6.07, 6.45) is 1.57. The molecule has 0 atom stereocenters. The largest absolute Gasteiger partial charge is 0.495 e. The lowest BCUT2D eigenvalue weighted by molar-refractivity contribution is 0.102. The van der Waals surface area contributed by atoms with Crippen LogP contribution in [0.25, 0.3) is 0 Å². The monoisotopic (exact) mass is 387 g/mol. The second-order valence-electron chi connectivity index (χ2n) is 5.34. The maximum absolute atomic E-state index is 12.3. The molecule has 2 aromatic carbocycles. The molecule has 0 unspecified atom stereocenters. The number of nitrogens with one attached hydrogen (secondary N) is 2. The van der Waals surface area contributed by atoms with Crippen LogP contribution in [0.15, 0.2) is 60.8 Å². The summed E-state index contributed by atoms with van der Waals surface area (Å²) in [4.78, 5) is 16.4. The standard InChI is InChI=1S/C19H15Cl2N3O2/c1-26-18-9-7-12(10-15(18)21)23-13-6-8-17(22-11-13)19(25)24-16-5-3-2-4-14(16)20/h2-11,23H,1H3,(H,24,25). The Morgan fingerprint density at radius 1 is 1.00 bits per heavy atom. The summed E-state index contributed by atoms with van der Waals surface area (Å²) in [5.41, 5.74) is 2.32. The molecule has 0 fully saturated rings. The van der Waals surface area contributed by atoms with E-state index >= 15 is 0 Å². The van der Waals surface area contributed by atoms with Crippen LogP contribution in [0.3, 0.4) is 0 Å². The summed E-state index contributed by atoms with van der Waals surface area (Å²) >= 11 is 12.1. The molecule has 3 aromatic rings. The zero-order valence-electron chi connectivity index (χ0n) is 13.8. The average molecular weight is 388 g/mol. The minimum Gasteiger partial charge on any atom is -0.495 e. The number of benzene rings is 2. The summed E-state index contributed by atoms with van der Waals surface area (Å²) < 4.78 is 5.12. The van der Waals surface area contributed by atoms with Crippen molar-refractivity contribution in [3.63, 3.8) is 0 Å². The SMILES string of the molecule is COc1ccc(Nc2ccc(C(=O)Nc3ccccc3Cl)nc2)cc1Cl. The number of aromatic nitrogens is 1. The highest BCUT2D eigenvalue weighted by Crippen LogP contribution is 2.28. The number of amides is 1. The van der Waals surface area contributed by atoms with Crippen LogP contribution in [0, 0.1) is 0 Å². The van der Waals surface area contributed by atoms with E-state index in [1.54, 1.807) is 61.8 Å².